The van der Waals surface area contributed by atoms with Gasteiger partial charge >= 0.3 is 0 Å². The zero-order valence-electron chi connectivity index (χ0n) is 13.0. The first kappa shape index (κ1) is 16.9. The number of rotatable bonds is 5. The molecule has 7 heteroatoms. The molecule has 3 N–H and O–H groups in total. The van der Waals surface area contributed by atoms with E-state index in [9.17, 15) is 13.2 Å². The predicted molar refractivity (Wildman–Crippen MR) is 85.0 cm³/mol. The molecule has 1 saturated carbocycles. The van der Waals surface area contributed by atoms with Crippen LogP contribution in [0.3, 0.4) is 0 Å². The Morgan fingerprint density at radius 3 is 2.50 bits per heavy atom. The van der Waals surface area contributed by atoms with Crippen LogP contribution in [0, 0.1) is 0 Å². The molecule has 1 fully saturated rings. The summed E-state index contributed by atoms with van der Waals surface area (Å²) >= 11 is 0. The van der Waals surface area contributed by atoms with Gasteiger partial charge in [0.05, 0.1) is 4.90 Å². The lowest BCUT2D eigenvalue weighted by Crippen LogP contribution is -2.51. The predicted octanol–water partition coefficient (Wildman–Crippen LogP) is 0.938. The van der Waals surface area contributed by atoms with Crippen LogP contribution in [-0.4, -0.2) is 45.4 Å². The van der Waals surface area contributed by atoms with Gasteiger partial charge in [0.2, 0.25) is 10.0 Å². The molecule has 0 atom stereocenters. The molecule has 0 unspecified atom stereocenters. The summed E-state index contributed by atoms with van der Waals surface area (Å²) in [7, 11) is -0.439. The lowest BCUT2D eigenvalue weighted by molar-refractivity contribution is 0.0827. The third kappa shape index (κ3) is 3.48. The van der Waals surface area contributed by atoms with Crippen LogP contribution in [0.1, 0.15) is 36.0 Å². The number of nitrogens with two attached hydrogens (primary N) is 1. The normalized spacial score (nSPS) is 17.4. The Kier molecular flexibility index (Phi) is 4.89. The molecule has 1 aromatic carbocycles. The highest BCUT2D eigenvalue weighted by Gasteiger charge is 2.36. The van der Waals surface area contributed by atoms with Gasteiger partial charge in [-0.05, 0) is 31.0 Å². The maximum Gasteiger partial charge on any atom is 0.253 e. The molecule has 0 aromatic heterocycles. The highest BCUT2D eigenvalue weighted by Crippen LogP contribution is 2.30. The second-order valence-electron chi connectivity index (χ2n) is 6.02. The zero-order valence-corrected chi connectivity index (χ0v) is 13.8. The highest BCUT2D eigenvalue weighted by molar-refractivity contribution is 7.89. The van der Waals surface area contributed by atoms with Gasteiger partial charge in [0.1, 0.15) is 0 Å². The van der Waals surface area contributed by atoms with Gasteiger partial charge in [-0.25, -0.2) is 13.1 Å². The standard InChI is InChI=1S/C15H23N3O3S/c1-18(2)14(19)12-6-5-7-13(10-12)22(20,21)17-15(11-16)8-3-4-9-15/h5-7,10,17H,3-4,8-9,11,16H2,1-2H3. The number of hydrogen-bond acceptors (Lipinski definition) is 4. The maximum atomic E-state index is 12.6. The number of hydrogen-bond donors (Lipinski definition) is 2. The monoisotopic (exact) mass is 325 g/mol. The largest absolute Gasteiger partial charge is 0.345 e. The first-order valence-corrected chi connectivity index (χ1v) is 8.84. The van der Waals surface area contributed by atoms with Crippen LogP contribution >= 0.6 is 0 Å². The van der Waals surface area contributed by atoms with Crippen LogP contribution in [0.15, 0.2) is 29.2 Å². The van der Waals surface area contributed by atoms with E-state index in [0.717, 1.165) is 25.7 Å². The molecule has 0 radical (unpaired) electrons. The van der Waals surface area contributed by atoms with Crippen molar-refractivity contribution in [3.05, 3.63) is 29.8 Å². The van der Waals surface area contributed by atoms with Crippen LogP contribution in [0.5, 0.6) is 0 Å². The average molecular weight is 325 g/mol. The molecule has 6 nitrogen and oxygen atoms in total. The molecule has 0 spiro atoms. The van der Waals surface area contributed by atoms with Gasteiger partial charge in [-0.15, -0.1) is 0 Å². The van der Waals surface area contributed by atoms with Crippen molar-refractivity contribution in [2.75, 3.05) is 20.6 Å². The zero-order chi connectivity index (χ0) is 16.4. The lowest BCUT2D eigenvalue weighted by atomic mass is 10.0. The smallest absolute Gasteiger partial charge is 0.253 e. The van der Waals surface area contributed by atoms with Crippen LogP contribution in [0.2, 0.25) is 0 Å². The summed E-state index contributed by atoms with van der Waals surface area (Å²) in [6.07, 6.45) is 3.44. The van der Waals surface area contributed by atoms with Gasteiger partial charge in [-0.3, -0.25) is 4.79 Å². The Morgan fingerprint density at radius 1 is 1.32 bits per heavy atom. The molecule has 0 aliphatic heterocycles. The first-order valence-electron chi connectivity index (χ1n) is 7.35. The summed E-state index contributed by atoms with van der Waals surface area (Å²) in [5, 5.41) is 0. The van der Waals surface area contributed by atoms with Crippen molar-refractivity contribution >= 4 is 15.9 Å². The molecule has 1 amide bonds. The summed E-state index contributed by atoms with van der Waals surface area (Å²) in [4.78, 5) is 13.5. The van der Waals surface area contributed by atoms with E-state index in [1.165, 1.54) is 17.0 Å². The Morgan fingerprint density at radius 2 is 1.95 bits per heavy atom. The second kappa shape index (κ2) is 6.36. The Labute approximate surface area is 131 Å². The molecule has 1 aromatic rings. The van der Waals surface area contributed by atoms with Crippen molar-refractivity contribution in [1.82, 2.24) is 9.62 Å². The number of nitrogens with zero attached hydrogens (tertiary/aromatic N) is 1. The Bertz CT molecular complexity index is 650. The van der Waals surface area contributed by atoms with E-state index >= 15 is 0 Å². The van der Waals surface area contributed by atoms with Crippen LogP contribution in [0.4, 0.5) is 0 Å². The third-order valence-corrected chi connectivity index (χ3v) is 5.68. The lowest BCUT2D eigenvalue weighted by Gasteiger charge is -2.28. The van der Waals surface area contributed by atoms with Gasteiger partial charge in [-0.1, -0.05) is 18.9 Å². The minimum Gasteiger partial charge on any atom is -0.345 e. The number of carbonyl (C=O) groups is 1. The van der Waals surface area contributed by atoms with Crippen molar-refractivity contribution in [2.24, 2.45) is 5.73 Å². The second-order valence-corrected chi connectivity index (χ2v) is 7.71. The fourth-order valence-corrected chi connectivity index (χ4v) is 4.31. The topological polar surface area (TPSA) is 92.5 Å². The van der Waals surface area contributed by atoms with E-state index < -0.39 is 15.6 Å². The molecule has 0 saturated heterocycles. The van der Waals surface area contributed by atoms with Crippen LogP contribution in [0.25, 0.3) is 0 Å². The van der Waals surface area contributed by atoms with Crippen LogP contribution < -0.4 is 10.5 Å². The quantitative estimate of drug-likeness (QED) is 0.842. The van der Waals surface area contributed by atoms with Gasteiger partial charge in [0.15, 0.2) is 0 Å². The molecular weight excluding hydrogens is 302 g/mol. The van der Waals surface area contributed by atoms with E-state index in [4.69, 9.17) is 5.73 Å². The van der Waals surface area contributed by atoms with Crippen molar-refractivity contribution in [3.8, 4) is 0 Å². The van der Waals surface area contributed by atoms with E-state index in [1.807, 2.05) is 0 Å². The SMILES string of the molecule is CN(C)C(=O)c1cccc(S(=O)(=O)NC2(CN)CCCC2)c1. The molecule has 22 heavy (non-hydrogen) atoms. The fraction of sp³-hybridized carbons (Fsp3) is 0.533. The minimum absolute atomic E-state index is 0.0972. The van der Waals surface area contributed by atoms with E-state index in [2.05, 4.69) is 4.72 Å². The summed E-state index contributed by atoms with van der Waals surface area (Å²) < 4.78 is 28.0. The van der Waals surface area contributed by atoms with E-state index in [1.54, 1.807) is 26.2 Å². The number of benzene rings is 1. The Balaban J connectivity index is 2.30. The molecule has 0 heterocycles. The van der Waals surface area contributed by atoms with Gasteiger partial charge < -0.3 is 10.6 Å². The number of carbonyl (C=O) groups excluding carboxylic acids is 1. The van der Waals surface area contributed by atoms with Crippen LogP contribution in [-0.2, 0) is 10.0 Å². The molecule has 122 valence electrons. The third-order valence-electron chi connectivity index (χ3n) is 4.10. The number of sulfonamides is 1. The molecule has 2 rings (SSSR count). The first-order chi connectivity index (χ1) is 10.3. The average Bonchev–Trinajstić information content (AvgIpc) is 2.95. The summed E-state index contributed by atoms with van der Waals surface area (Å²) in [6.45, 7) is 0.280. The molecule has 0 bridgehead atoms. The van der Waals surface area contributed by atoms with Crippen molar-refractivity contribution in [3.63, 3.8) is 0 Å². The Hall–Kier alpha value is -1.44. The minimum atomic E-state index is -3.70. The van der Waals surface area contributed by atoms with Gasteiger partial charge in [-0.2, -0.15) is 0 Å². The molecule has 1 aliphatic rings. The summed E-state index contributed by atoms with van der Waals surface area (Å²) in [5.41, 5.74) is 5.58. The van der Waals surface area contributed by atoms with Crippen molar-refractivity contribution < 1.29 is 13.2 Å². The molecular formula is C15H23N3O3S. The number of nitrogens with one attached hydrogen (secondary N) is 1. The van der Waals surface area contributed by atoms with E-state index in [-0.39, 0.29) is 17.3 Å². The van der Waals surface area contributed by atoms with E-state index in [0.29, 0.717) is 5.56 Å². The maximum absolute atomic E-state index is 12.6. The number of amides is 1. The van der Waals surface area contributed by atoms with Crippen molar-refractivity contribution in [1.29, 1.82) is 0 Å². The fourth-order valence-electron chi connectivity index (χ4n) is 2.80. The summed E-state index contributed by atoms with van der Waals surface area (Å²) in [6, 6.07) is 6.09. The summed E-state index contributed by atoms with van der Waals surface area (Å²) in [5.74, 6) is -0.230. The van der Waals surface area contributed by atoms with Gasteiger partial charge in [0.25, 0.3) is 5.91 Å². The van der Waals surface area contributed by atoms with Crippen molar-refractivity contribution in [2.45, 2.75) is 36.1 Å². The van der Waals surface area contributed by atoms with Gasteiger partial charge in [0, 0.05) is 31.7 Å². The highest BCUT2D eigenvalue weighted by atomic mass is 32.2. The molecule has 1 aliphatic carbocycles.